The fourth-order valence-corrected chi connectivity index (χ4v) is 7.83. The number of carbonyl (C=O) groups excluding carboxylic acids is 2. The number of rotatable bonds is 12. The molecule has 56 heavy (non-hydrogen) atoms. The minimum atomic E-state index is -4.50. The molecule has 0 spiro atoms. The lowest BCUT2D eigenvalue weighted by Gasteiger charge is -2.35. The largest absolute Gasteiger partial charge is 0.508 e. The van der Waals surface area contributed by atoms with Crippen molar-refractivity contribution >= 4 is 50.8 Å². The van der Waals surface area contributed by atoms with Crippen LogP contribution in [0.1, 0.15) is 47.2 Å². The van der Waals surface area contributed by atoms with Crippen molar-refractivity contribution < 1.29 is 28.0 Å². The number of nitro benzene ring substituents is 1. The third-order valence-electron chi connectivity index (χ3n) is 9.13. The molecule has 290 valence electrons. The van der Waals surface area contributed by atoms with Crippen LogP contribution in [0, 0.1) is 10.1 Å². The number of sulfonamides is 1. The molecule has 1 fully saturated rings. The second-order valence-corrected chi connectivity index (χ2v) is 17.0. The second-order valence-electron chi connectivity index (χ2n) is 14.1. The summed E-state index contributed by atoms with van der Waals surface area (Å²) in [4.78, 5) is 42.1. The summed E-state index contributed by atoms with van der Waals surface area (Å²) >= 11 is 1.57. The summed E-state index contributed by atoms with van der Waals surface area (Å²) in [5, 5.41) is 33.0. The van der Waals surface area contributed by atoms with Gasteiger partial charge in [-0.3, -0.25) is 19.7 Å². The first-order valence-corrected chi connectivity index (χ1v) is 20.2. The third kappa shape index (κ3) is 9.62. The lowest BCUT2D eigenvalue weighted by atomic mass is 9.84. The van der Waals surface area contributed by atoms with E-state index >= 15 is 0 Å². The van der Waals surface area contributed by atoms with Crippen LogP contribution in [0.25, 0.3) is 11.1 Å². The van der Waals surface area contributed by atoms with Crippen molar-refractivity contribution in [3.8, 4) is 16.9 Å². The van der Waals surface area contributed by atoms with E-state index in [1.807, 2.05) is 64.2 Å². The molecule has 14 nitrogen and oxygen atoms in total. The van der Waals surface area contributed by atoms with E-state index in [1.165, 1.54) is 18.2 Å². The van der Waals surface area contributed by atoms with Gasteiger partial charge >= 0.3 is 0 Å². The van der Waals surface area contributed by atoms with Crippen molar-refractivity contribution in [3.63, 3.8) is 0 Å². The first-order valence-electron chi connectivity index (χ1n) is 17.8. The van der Waals surface area contributed by atoms with Crippen LogP contribution in [0.15, 0.2) is 113 Å². The van der Waals surface area contributed by atoms with Crippen molar-refractivity contribution in [2.24, 2.45) is 0 Å². The topological polar surface area (TPSA) is 188 Å². The summed E-state index contributed by atoms with van der Waals surface area (Å²) in [5.41, 5.74) is 2.38. The molecule has 0 saturated carbocycles. The average Bonchev–Trinajstić information content (AvgIpc) is 3.19. The SMILES string of the molecule is CC(C)(C)c1cc(C(=O)N2CCN(c3ccc(C(=O)NS(=O)(=O)c4ccc(NCCSc5ccccc5)c([N+](=O)[O-])c4)nn3)CC2)cc(-c2cccc(O)c2)c1. The van der Waals surface area contributed by atoms with Crippen LogP contribution in [0.2, 0.25) is 0 Å². The van der Waals surface area contributed by atoms with Crippen molar-refractivity contribution in [1.29, 1.82) is 0 Å². The maximum absolute atomic E-state index is 13.8. The Bertz CT molecular complexity index is 2350. The number of nitrogens with one attached hydrogen (secondary N) is 2. The predicted molar refractivity (Wildman–Crippen MR) is 216 cm³/mol. The van der Waals surface area contributed by atoms with E-state index in [9.17, 15) is 33.2 Å². The van der Waals surface area contributed by atoms with Crippen LogP contribution in [-0.4, -0.2) is 83.8 Å². The number of thioether (sulfide) groups is 1. The normalized spacial score (nSPS) is 13.3. The molecule has 2 heterocycles. The number of carbonyl (C=O) groups is 2. The van der Waals surface area contributed by atoms with Gasteiger partial charge in [-0.15, -0.1) is 22.0 Å². The van der Waals surface area contributed by atoms with Gasteiger partial charge in [0.2, 0.25) is 0 Å². The van der Waals surface area contributed by atoms with Crippen LogP contribution in [0.3, 0.4) is 0 Å². The Morgan fingerprint density at radius 2 is 1.62 bits per heavy atom. The molecule has 16 heteroatoms. The number of benzene rings is 4. The summed E-state index contributed by atoms with van der Waals surface area (Å²) < 4.78 is 28.2. The molecule has 3 N–H and O–H groups in total. The van der Waals surface area contributed by atoms with Gasteiger partial charge in [0.25, 0.3) is 27.5 Å². The van der Waals surface area contributed by atoms with Crippen LogP contribution in [0.4, 0.5) is 17.2 Å². The maximum atomic E-state index is 13.8. The summed E-state index contributed by atoms with van der Waals surface area (Å²) in [6.07, 6.45) is 0. The van der Waals surface area contributed by atoms with Gasteiger partial charge in [-0.05, 0) is 82.8 Å². The summed E-state index contributed by atoms with van der Waals surface area (Å²) in [7, 11) is -4.50. The summed E-state index contributed by atoms with van der Waals surface area (Å²) in [6, 6.07) is 28.6. The number of hydrogen-bond donors (Lipinski definition) is 3. The van der Waals surface area contributed by atoms with E-state index in [-0.39, 0.29) is 28.5 Å². The molecular formula is C40H41N7O7S2. The standard InChI is InChI=1S/C40H41N7O7S2/c1-40(2,3)30-23-28(27-8-7-9-31(48)25-27)22-29(24-30)39(50)46-19-17-45(18-20-46)37-15-14-35(42-43-37)38(49)44-56(53,54)33-12-13-34(36(26-33)47(51)52)41-16-21-55-32-10-5-4-6-11-32/h4-15,22-26,41,48H,16-21H2,1-3H3,(H,44,49). The first kappa shape index (κ1) is 39.7. The lowest BCUT2D eigenvalue weighted by molar-refractivity contribution is -0.384. The van der Waals surface area contributed by atoms with E-state index in [0.29, 0.717) is 49.9 Å². The number of hydrogen-bond acceptors (Lipinski definition) is 12. The minimum absolute atomic E-state index is 0.120. The number of piperazine rings is 1. The smallest absolute Gasteiger partial charge is 0.293 e. The van der Waals surface area contributed by atoms with E-state index in [2.05, 4.69) is 36.3 Å². The summed E-state index contributed by atoms with van der Waals surface area (Å²) in [6.45, 7) is 8.30. The van der Waals surface area contributed by atoms with E-state index in [1.54, 1.807) is 40.9 Å². The van der Waals surface area contributed by atoms with Crippen LogP contribution >= 0.6 is 11.8 Å². The number of phenols is 1. The van der Waals surface area contributed by atoms with Gasteiger partial charge in [-0.25, -0.2) is 13.1 Å². The van der Waals surface area contributed by atoms with Crippen LogP contribution in [0.5, 0.6) is 5.75 Å². The summed E-state index contributed by atoms with van der Waals surface area (Å²) in [5.74, 6) is 0.0278. The van der Waals surface area contributed by atoms with Gasteiger partial charge in [0, 0.05) is 55.0 Å². The highest BCUT2D eigenvalue weighted by Crippen LogP contribution is 2.32. The molecule has 2 amide bonds. The number of amides is 2. The Labute approximate surface area is 329 Å². The molecule has 1 aliphatic rings. The average molecular weight is 796 g/mol. The predicted octanol–water partition coefficient (Wildman–Crippen LogP) is 6.34. The zero-order valence-corrected chi connectivity index (χ0v) is 32.6. The Morgan fingerprint density at radius 3 is 2.29 bits per heavy atom. The number of anilines is 2. The number of aromatic hydroxyl groups is 1. The zero-order valence-electron chi connectivity index (χ0n) is 31.0. The molecule has 0 unspecified atom stereocenters. The number of aromatic nitrogens is 2. The molecule has 0 bridgehead atoms. The fraction of sp³-hybridized carbons (Fsp3) is 0.250. The molecular weight excluding hydrogens is 755 g/mol. The van der Waals surface area contributed by atoms with E-state index < -0.39 is 31.4 Å². The number of phenolic OH excluding ortho intramolecular Hbond substituents is 1. The quantitative estimate of drug-likeness (QED) is 0.0551. The Hall–Kier alpha value is -6.00. The maximum Gasteiger partial charge on any atom is 0.293 e. The molecule has 0 radical (unpaired) electrons. The van der Waals surface area contributed by atoms with Crippen molar-refractivity contribution in [1.82, 2.24) is 19.8 Å². The van der Waals surface area contributed by atoms with Crippen molar-refractivity contribution in [2.45, 2.75) is 36.0 Å². The Morgan fingerprint density at radius 1 is 0.875 bits per heavy atom. The number of nitro groups is 1. The lowest BCUT2D eigenvalue weighted by Crippen LogP contribution is -2.49. The second kappa shape index (κ2) is 16.8. The minimum Gasteiger partial charge on any atom is -0.508 e. The molecule has 0 atom stereocenters. The van der Waals surface area contributed by atoms with Crippen molar-refractivity contribution in [2.75, 3.05) is 48.7 Å². The van der Waals surface area contributed by atoms with Crippen molar-refractivity contribution in [3.05, 3.63) is 130 Å². The Balaban J connectivity index is 1.06. The van der Waals surface area contributed by atoms with Gasteiger partial charge in [-0.1, -0.05) is 57.2 Å². The highest BCUT2D eigenvalue weighted by molar-refractivity contribution is 7.99. The van der Waals surface area contributed by atoms with E-state index in [0.717, 1.165) is 27.7 Å². The zero-order chi connectivity index (χ0) is 40.0. The fourth-order valence-electron chi connectivity index (χ4n) is 6.06. The van der Waals surface area contributed by atoms with Gasteiger partial charge in [-0.2, -0.15) is 0 Å². The Kier molecular flexibility index (Phi) is 11.9. The number of nitrogens with zero attached hydrogens (tertiary/aromatic N) is 5. The van der Waals surface area contributed by atoms with Crippen LogP contribution < -0.4 is 14.9 Å². The highest BCUT2D eigenvalue weighted by atomic mass is 32.2. The third-order valence-corrected chi connectivity index (χ3v) is 11.5. The van der Waals surface area contributed by atoms with Gasteiger partial charge < -0.3 is 20.2 Å². The molecule has 1 aromatic heterocycles. The van der Waals surface area contributed by atoms with Crippen LogP contribution in [-0.2, 0) is 15.4 Å². The molecule has 5 aromatic rings. The van der Waals surface area contributed by atoms with Gasteiger partial charge in [0.05, 0.1) is 9.82 Å². The van der Waals surface area contributed by atoms with E-state index in [4.69, 9.17) is 0 Å². The van der Waals surface area contributed by atoms with Gasteiger partial charge in [0.15, 0.2) is 11.5 Å². The molecule has 4 aromatic carbocycles. The highest BCUT2D eigenvalue weighted by Gasteiger charge is 2.27. The molecule has 1 aliphatic heterocycles. The molecule has 1 saturated heterocycles. The van der Waals surface area contributed by atoms with Gasteiger partial charge in [0.1, 0.15) is 11.4 Å². The first-order chi connectivity index (χ1) is 26.7. The monoisotopic (exact) mass is 795 g/mol. The molecule has 6 rings (SSSR count). The molecule has 0 aliphatic carbocycles.